The summed E-state index contributed by atoms with van der Waals surface area (Å²) in [5, 5.41) is 11.8. The van der Waals surface area contributed by atoms with Gasteiger partial charge < -0.3 is 10.1 Å². The summed E-state index contributed by atoms with van der Waals surface area (Å²) < 4.78 is 66.2. The predicted molar refractivity (Wildman–Crippen MR) is 94.3 cm³/mol. The summed E-state index contributed by atoms with van der Waals surface area (Å²) in [7, 11) is -5.50. The Labute approximate surface area is 164 Å². The van der Waals surface area contributed by atoms with Crippen LogP contribution in [0.1, 0.15) is 35.7 Å². The Morgan fingerprint density at radius 2 is 2.04 bits per heavy atom. The average molecular weight is 440 g/mol. The molecule has 0 aromatic heterocycles. The highest BCUT2D eigenvalue weighted by Gasteiger charge is 2.46. The molecule has 0 aliphatic heterocycles. The summed E-state index contributed by atoms with van der Waals surface area (Å²) in [6.07, 6.45) is 1.05. The number of aryl methyl sites for hydroxylation is 1. The van der Waals surface area contributed by atoms with Crippen LogP contribution in [-0.4, -0.2) is 38.0 Å². The number of nitriles is 1. The number of nitrogens with one attached hydrogen (secondary N) is 2. The van der Waals surface area contributed by atoms with Crippen LogP contribution in [0.5, 0.6) is 5.75 Å². The standard InChI is InChI=1S/C16H17ClF3N3O4S/c1-9-5-11(27-7-10(2)23-28(25,26)16(18,19)20)6-12(13(9)17)14(24)22-15(8-21)3-4-15/h5-6,10,23H,3-4,7H2,1-2H3,(H,22,24)/t10-/m0/s1. The summed E-state index contributed by atoms with van der Waals surface area (Å²) in [5.41, 5.74) is -5.82. The highest BCUT2D eigenvalue weighted by molar-refractivity contribution is 7.90. The lowest BCUT2D eigenvalue weighted by molar-refractivity contribution is -0.0451. The second kappa shape index (κ2) is 7.77. The Kier molecular flexibility index (Phi) is 6.18. The van der Waals surface area contributed by atoms with Crippen molar-refractivity contribution in [3.63, 3.8) is 0 Å². The molecule has 0 heterocycles. The van der Waals surface area contributed by atoms with Gasteiger partial charge in [0, 0.05) is 0 Å². The molecule has 1 aromatic rings. The van der Waals surface area contributed by atoms with E-state index in [-0.39, 0.29) is 16.3 Å². The van der Waals surface area contributed by atoms with E-state index in [1.54, 1.807) is 6.92 Å². The first-order valence-corrected chi connectivity index (χ1v) is 9.92. The molecule has 0 spiro atoms. The minimum Gasteiger partial charge on any atom is -0.492 e. The number of halogens is 4. The fraction of sp³-hybridized carbons (Fsp3) is 0.500. The molecule has 2 N–H and O–H groups in total. The maximum Gasteiger partial charge on any atom is 0.511 e. The monoisotopic (exact) mass is 439 g/mol. The maximum absolute atomic E-state index is 12.4. The fourth-order valence-corrected chi connectivity index (χ4v) is 3.17. The van der Waals surface area contributed by atoms with Crippen molar-refractivity contribution in [1.29, 1.82) is 5.26 Å². The van der Waals surface area contributed by atoms with Crippen molar-refractivity contribution in [3.8, 4) is 11.8 Å². The molecule has 12 heteroatoms. The second-order valence-corrected chi connectivity index (χ2v) is 8.61. The van der Waals surface area contributed by atoms with Crippen molar-refractivity contribution >= 4 is 27.5 Å². The number of alkyl halides is 3. The van der Waals surface area contributed by atoms with Gasteiger partial charge in [0.05, 0.1) is 22.7 Å². The molecule has 1 saturated carbocycles. The molecule has 7 nitrogen and oxygen atoms in total. The normalized spacial score (nSPS) is 16.8. The summed E-state index contributed by atoms with van der Waals surface area (Å²) in [5.74, 6) is -0.463. The van der Waals surface area contributed by atoms with Crippen molar-refractivity contribution in [2.24, 2.45) is 0 Å². The largest absolute Gasteiger partial charge is 0.511 e. The van der Waals surface area contributed by atoms with E-state index in [0.717, 1.165) is 0 Å². The Morgan fingerprint density at radius 1 is 1.43 bits per heavy atom. The molecule has 1 aliphatic rings. The van der Waals surface area contributed by atoms with Crippen LogP contribution in [0.3, 0.4) is 0 Å². The van der Waals surface area contributed by atoms with Gasteiger partial charge in [0.2, 0.25) is 0 Å². The van der Waals surface area contributed by atoms with Crippen LogP contribution < -0.4 is 14.8 Å². The van der Waals surface area contributed by atoms with Crippen LogP contribution in [0.25, 0.3) is 0 Å². The zero-order chi connectivity index (χ0) is 21.3. The molecule has 1 amide bonds. The van der Waals surface area contributed by atoms with Gasteiger partial charge in [0.25, 0.3) is 5.91 Å². The summed E-state index contributed by atoms with van der Waals surface area (Å²) >= 11 is 6.14. The van der Waals surface area contributed by atoms with Gasteiger partial charge in [-0.15, -0.1) is 0 Å². The first kappa shape index (κ1) is 22.3. The van der Waals surface area contributed by atoms with E-state index < -0.39 is 39.6 Å². The zero-order valence-corrected chi connectivity index (χ0v) is 16.4. The van der Waals surface area contributed by atoms with Crippen LogP contribution in [-0.2, 0) is 10.0 Å². The zero-order valence-electron chi connectivity index (χ0n) is 14.9. The third-order valence-corrected chi connectivity index (χ3v) is 5.77. The average Bonchev–Trinajstić information content (AvgIpc) is 3.34. The number of nitrogens with zero attached hydrogens (tertiary/aromatic N) is 1. The van der Waals surface area contributed by atoms with Gasteiger partial charge in [-0.3, -0.25) is 4.79 Å². The number of rotatable bonds is 7. The first-order valence-electron chi connectivity index (χ1n) is 8.05. The van der Waals surface area contributed by atoms with Crippen LogP contribution in [0.4, 0.5) is 13.2 Å². The molecule has 0 radical (unpaired) electrons. The van der Waals surface area contributed by atoms with Crippen molar-refractivity contribution in [1.82, 2.24) is 10.0 Å². The van der Waals surface area contributed by atoms with Gasteiger partial charge >= 0.3 is 15.5 Å². The van der Waals surface area contributed by atoms with E-state index in [1.165, 1.54) is 23.8 Å². The van der Waals surface area contributed by atoms with E-state index in [2.05, 4.69) is 5.32 Å². The third-order valence-electron chi connectivity index (χ3n) is 3.95. The van der Waals surface area contributed by atoms with E-state index in [9.17, 15) is 26.4 Å². The summed E-state index contributed by atoms with van der Waals surface area (Å²) in [6.45, 7) is 2.38. The lowest BCUT2D eigenvalue weighted by Gasteiger charge is -2.18. The smallest absolute Gasteiger partial charge is 0.492 e. The minimum atomic E-state index is -5.50. The van der Waals surface area contributed by atoms with E-state index in [1.807, 2.05) is 6.07 Å². The number of ether oxygens (including phenoxy) is 1. The van der Waals surface area contributed by atoms with Gasteiger partial charge in [0.15, 0.2) is 0 Å². The highest BCUT2D eigenvalue weighted by atomic mass is 35.5. The van der Waals surface area contributed by atoms with Gasteiger partial charge in [-0.1, -0.05) is 11.6 Å². The first-order chi connectivity index (χ1) is 12.8. The van der Waals surface area contributed by atoms with Gasteiger partial charge in [-0.25, -0.2) is 13.1 Å². The van der Waals surface area contributed by atoms with Crippen LogP contribution in [0.15, 0.2) is 12.1 Å². The predicted octanol–water partition coefficient (Wildman–Crippen LogP) is 2.64. The molecule has 1 aliphatic carbocycles. The Balaban J connectivity index is 2.09. The lowest BCUT2D eigenvalue weighted by atomic mass is 10.1. The highest BCUT2D eigenvalue weighted by Crippen LogP contribution is 2.35. The molecule has 0 saturated heterocycles. The SMILES string of the molecule is Cc1cc(OC[C@H](C)NS(=O)(=O)C(F)(F)F)cc(C(=O)NC2(C#N)CC2)c1Cl. The Bertz CT molecular complexity index is 924. The van der Waals surface area contributed by atoms with Gasteiger partial charge in [-0.05, 0) is 44.4 Å². The molecule has 1 aromatic carbocycles. The van der Waals surface area contributed by atoms with Crippen molar-refractivity contribution in [3.05, 3.63) is 28.3 Å². The summed E-state index contributed by atoms with van der Waals surface area (Å²) in [6, 6.07) is 3.57. The number of hydrogen-bond donors (Lipinski definition) is 2. The molecule has 0 unspecified atom stereocenters. The molecule has 28 heavy (non-hydrogen) atoms. The third kappa shape index (κ3) is 5.06. The molecule has 2 rings (SSSR count). The number of carbonyl (C=O) groups excluding carboxylic acids is 1. The number of benzene rings is 1. The summed E-state index contributed by atoms with van der Waals surface area (Å²) in [4.78, 5) is 12.4. The number of sulfonamides is 1. The molecular formula is C16H17ClF3N3O4S. The van der Waals surface area contributed by atoms with Gasteiger partial charge in [0.1, 0.15) is 17.9 Å². The molecule has 0 bridgehead atoms. The number of hydrogen-bond acceptors (Lipinski definition) is 5. The Hall–Kier alpha value is -2.03. The minimum absolute atomic E-state index is 0.0433. The maximum atomic E-state index is 12.4. The van der Waals surface area contributed by atoms with E-state index >= 15 is 0 Å². The topological polar surface area (TPSA) is 108 Å². The van der Waals surface area contributed by atoms with Crippen molar-refractivity contribution in [2.75, 3.05) is 6.61 Å². The van der Waals surface area contributed by atoms with Crippen molar-refractivity contribution < 1.29 is 31.1 Å². The number of carbonyl (C=O) groups is 1. The van der Waals surface area contributed by atoms with Gasteiger partial charge in [-0.2, -0.15) is 18.4 Å². The Morgan fingerprint density at radius 3 is 2.54 bits per heavy atom. The fourth-order valence-electron chi connectivity index (χ4n) is 2.25. The van der Waals surface area contributed by atoms with Crippen LogP contribution >= 0.6 is 11.6 Å². The second-order valence-electron chi connectivity index (χ2n) is 6.53. The lowest BCUT2D eigenvalue weighted by Crippen LogP contribution is -2.43. The van der Waals surface area contributed by atoms with Crippen LogP contribution in [0, 0.1) is 18.3 Å². The molecule has 1 fully saturated rings. The van der Waals surface area contributed by atoms with E-state index in [0.29, 0.717) is 18.4 Å². The molecule has 154 valence electrons. The number of amides is 1. The van der Waals surface area contributed by atoms with E-state index in [4.69, 9.17) is 21.6 Å². The quantitative estimate of drug-likeness (QED) is 0.679. The molecule has 1 atom stereocenters. The van der Waals surface area contributed by atoms with Crippen LogP contribution in [0.2, 0.25) is 5.02 Å². The molecular weight excluding hydrogens is 423 g/mol. The van der Waals surface area contributed by atoms with Crippen molar-refractivity contribution in [2.45, 2.75) is 43.8 Å².